The summed E-state index contributed by atoms with van der Waals surface area (Å²) in [5.74, 6) is -0.255. The van der Waals surface area contributed by atoms with Crippen LogP contribution in [0.2, 0.25) is 0 Å². The molecule has 0 bridgehead atoms. The number of hydrogen-bond acceptors (Lipinski definition) is 6. The molecule has 3 rings (SSSR count). The molecule has 0 radical (unpaired) electrons. The lowest BCUT2D eigenvalue weighted by atomic mass is 10.2. The predicted molar refractivity (Wildman–Crippen MR) is 126 cm³/mol. The zero-order valence-corrected chi connectivity index (χ0v) is 19.3. The smallest absolute Gasteiger partial charge is 0.257 e. The summed E-state index contributed by atoms with van der Waals surface area (Å²) in [4.78, 5) is 16.5. The normalized spacial score (nSPS) is 12.2. The van der Waals surface area contributed by atoms with Crippen molar-refractivity contribution in [3.05, 3.63) is 60.3 Å². The van der Waals surface area contributed by atoms with Crippen molar-refractivity contribution in [3.8, 4) is 5.82 Å². The number of aromatic nitrogens is 4. The van der Waals surface area contributed by atoms with E-state index in [0.717, 1.165) is 36.1 Å². The maximum Gasteiger partial charge on any atom is 0.257 e. The molecule has 9 nitrogen and oxygen atoms in total. The summed E-state index contributed by atoms with van der Waals surface area (Å²) < 4.78 is 30.0. The van der Waals surface area contributed by atoms with E-state index in [0.29, 0.717) is 11.3 Å². The topological polar surface area (TPSA) is 111 Å². The Labute approximate surface area is 187 Å². The van der Waals surface area contributed by atoms with Gasteiger partial charge in [-0.3, -0.25) is 19.0 Å². The number of pyridine rings is 1. The number of unbranched alkanes of at least 4 members (excludes halogenated alkanes) is 1. The third-order valence-electron chi connectivity index (χ3n) is 4.84. The van der Waals surface area contributed by atoms with Crippen molar-refractivity contribution in [2.45, 2.75) is 26.7 Å². The van der Waals surface area contributed by atoms with Crippen LogP contribution in [-0.4, -0.2) is 46.0 Å². The van der Waals surface area contributed by atoms with Gasteiger partial charge in [-0.05, 0) is 37.8 Å². The number of carbonyl (C=O) groups is 1. The first-order valence-corrected chi connectivity index (χ1v) is 12.0. The number of nitrogens with zero attached hydrogens (tertiary/aromatic N) is 4. The van der Waals surface area contributed by atoms with E-state index in [2.05, 4.69) is 27.0 Å². The monoisotopic (exact) mass is 456 g/mol. The van der Waals surface area contributed by atoms with E-state index in [4.69, 9.17) is 0 Å². The van der Waals surface area contributed by atoms with Gasteiger partial charge in [0.1, 0.15) is 5.82 Å². The van der Waals surface area contributed by atoms with Gasteiger partial charge in [-0.1, -0.05) is 19.4 Å². The molecule has 0 saturated heterocycles. The molecule has 0 aliphatic carbocycles. The number of nitrogens with one attached hydrogen (secondary N) is 2. The second-order valence-corrected chi connectivity index (χ2v) is 9.12. The van der Waals surface area contributed by atoms with Gasteiger partial charge in [0.15, 0.2) is 0 Å². The molecule has 0 atom stereocenters. The van der Waals surface area contributed by atoms with E-state index in [-0.39, 0.29) is 5.75 Å². The highest BCUT2D eigenvalue weighted by Crippen LogP contribution is 2.24. The summed E-state index contributed by atoms with van der Waals surface area (Å²) >= 11 is 0. The van der Waals surface area contributed by atoms with Crippen LogP contribution in [0.1, 0.15) is 31.0 Å². The standard InChI is InChI=1S/C22H28N6O3S/c1-4-5-11-23-12-6-15-32(30,31)26-21(29)8-7-19-17(2)25-27(3)22(19)28-14-10-18-9-13-24-16-20(18)28/h6-10,12-14,16,23H,4-5,11,15H2,1-3H3,(H,26,29)/b8-7+,12-6?. The summed E-state index contributed by atoms with van der Waals surface area (Å²) in [5, 5.41) is 8.49. The van der Waals surface area contributed by atoms with Crippen LogP contribution >= 0.6 is 0 Å². The second-order valence-electron chi connectivity index (χ2n) is 7.36. The highest BCUT2D eigenvalue weighted by atomic mass is 32.2. The fourth-order valence-corrected chi connectivity index (χ4v) is 4.12. The van der Waals surface area contributed by atoms with Crippen LogP contribution in [0, 0.1) is 6.92 Å². The molecule has 3 heterocycles. The Bertz CT molecular complexity index is 1250. The van der Waals surface area contributed by atoms with Gasteiger partial charge >= 0.3 is 0 Å². The first-order chi connectivity index (χ1) is 15.3. The Morgan fingerprint density at radius 2 is 2.09 bits per heavy atom. The van der Waals surface area contributed by atoms with Crippen LogP contribution < -0.4 is 10.0 Å². The highest BCUT2D eigenvalue weighted by molar-refractivity contribution is 7.90. The van der Waals surface area contributed by atoms with Crippen molar-refractivity contribution in [1.82, 2.24) is 29.4 Å². The summed E-state index contributed by atoms with van der Waals surface area (Å²) in [5.41, 5.74) is 2.32. The van der Waals surface area contributed by atoms with Crippen molar-refractivity contribution in [2.24, 2.45) is 7.05 Å². The molecular formula is C22H28N6O3S. The maximum atomic E-state index is 12.3. The van der Waals surface area contributed by atoms with Gasteiger partial charge in [0.05, 0.1) is 23.2 Å². The fourth-order valence-electron chi connectivity index (χ4n) is 3.31. The van der Waals surface area contributed by atoms with Crippen molar-refractivity contribution in [3.63, 3.8) is 0 Å². The molecule has 0 unspecified atom stereocenters. The minimum Gasteiger partial charge on any atom is -0.391 e. The van der Waals surface area contributed by atoms with Crippen LogP contribution in [0.4, 0.5) is 0 Å². The molecule has 0 aliphatic heterocycles. The van der Waals surface area contributed by atoms with Gasteiger partial charge in [-0.2, -0.15) is 5.10 Å². The molecule has 0 fully saturated rings. The second kappa shape index (κ2) is 10.3. The van der Waals surface area contributed by atoms with Crippen molar-refractivity contribution < 1.29 is 13.2 Å². The lowest BCUT2D eigenvalue weighted by molar-refractivity contribution is -0.114. The van der Waals surface area contributed by atoms with E-state index in [1.807, 2.05) is 36.9 Å². The molecule has 2 N–H and O–H groups in total. The molecule has 10 heteroatoms. The Hall–Kier alpha value is -3.40. The molecular weight excluding hydrogens is 428 g/mol. The molecule has 0 saturated carbocycles. The van der Waals surface area contributed by atoms with E-state index in [1.54, 1.807) is 29.4 Å². The first-order valence-electron chi connectivity index (χ1n) is 10.4. The molecule has 0 spiro atoms. The van der Waals surface area contributed by atoms with Crippen LogP contribution in [0.15, 0.2) is 49.1 Å². The largest absolute Gasteiger partial charge is 0.391 e. The van der Waals surface area contributed by atoms with Crippen molar-refractivity contribution in [1.29, 1.82) is 0 Å². The SMILES string of the molecule is CCCCNC=CCS(=O)(=O)NC(=O)/C=C/c1c(C)nn(C)c1-n1ccc2ccncc21. The number of aryl methyl sites for hydroxylation is 2. The Morgan fingerprint density at radius 3 is 2.88 bits per heavy atom. The Balaban J connectivity index is 1.74. The Morgan fingerprint density at radius 1 is 1.28 bits per heavy atom. The van der Waals surface area contributed by atoms with Crippen LogP contribution in [0.5, 0.6) is 0 Å². The van der Waals surface area contributed by atoms with Gasteiger partial charge in [0.25, 0.3) is 5.91 Å². The van der Waals surface area contributed by atoms with Crippen molar-refractivity contribution >= 4 is 32.9 Å². The first kappa shape index (κ1) is 23.3. The number of rotatable bonds is 10. The van der Waals surface area contributed by atoms with E-state index < -0.39 is 15.9 Å². The average molecular weight is 457 g/mol. The minimum atomic E-state index is -3.78. The number of fused-ring (bicyclic) bond motifs is 1. The maximum absolute atomic E-state index is 12.3. The third kappa shape index (κ3) is 5.64. The minimum absolute atomic E-state index is 0.286. The third-order valence-corrected chi connectivity index (χ3v) is 5.99. The van der Waals surface area contributed by atoms with Crippen LogP contribution in [0.25, 0.3) is 22.8 Å². The number of sulfonamides is 1. The molecule has 170 valence electrons. The van der Waals surface area contributed by atoms with Gasteiger partial charge in [-0.15, -0.1) is 0 Å². The highest BCUT2D eigenvalue weighted by Gasteiger charge is 2.16. The van der Waals surface area contributed by atoms with Crippen LogP contribution in [-0.2, 0) is 21.9 Å². The average Bonchev–Trinajstić information content (AvgIpc) is 3.28. The van der Waals surface area contributed by atoms with E-state index in [9.17, 15) is 13.2 Å². The van der Waals surface area contributed by atoms with E-state index >= 15 is 0 Å². The predicted octanol–water partition coefficient (Wildman–Crippen LogP) is 2.43. The molecule has 3 aromatic rings. The number of hydrogen-bond donors (Lipinski definition) is 2. The summed E-state index contributed by atoms with van der Waals surface area (Å²) in [6.07, 6.45) is 13.3. The van der Waals surface area contributed by atoms with Gasteiger partial charge in [0, 0.05) is 43.0 Å². The van der Waals surface area contributed by atoms with Crippen molar-refractivity contribution in [2.75, 3.05) is 12.3 Å². The summed E-state index contributed by atoms with van der Waals surface area (Å²) in [7, 11) is -1.96. The lowest BCUT2D eigenvalue weighted by Crippen LogP contribution is -2.30. The molecule has 0 aromatic carbocycles. The zero-order valence-electron chi connectivity index (χ0n) is 18.4. The Kier molecular flexibility index (Phi) is 7.47. The lowest BCUT2D eigenvalue weighted by Gasteiger charge is -2.07. The molecule has 1 amide bonds. The molecule has 32 heavy (non-hydrogen) atoms. The summed E-state index contributed by atoms with van der Waals surface area (Å²) in [6.45, 7) is 4.69. The van der Waals surface area contributed by atoms with Gasteiger partial charge < -0.3 is 5.32 Å². The van der Waals surface area contributed by atoms with Gasteiger partial charge in [-0.25, -0.2) is 13.1 Å². The molecule has 3 aromatic heterocycles. The zero-order chi connectivity index (χ0) is 23.1. The molecule has 0 aliphatic rings. The summed E-state index contributed by atoms with van der Waals surface area (Å²) in [6, 6.07) is 3.88. The van der Waals surface area contributed by atoms with Gasteiger partial charge in [0.2, 0.25) is 10.0 Å². The van der Waals surface area contributed by atoms with Crippen LogP contribution in [0.3, 0.4) is 0 Å². The van der Waals surface area contributed by atoms with E-state index in [1.165, 1.54) is 12.2 Å². The fraction of sp³-hybridized carbons (Fsp3) is 0.318. The number of amides is 1. The quantitative estimate of drug-likeness (QED) is 0.358. The number of carbonyl (C=O) groups excluding carboxylic acids is 1.